The SMILES string of the molecule is CCC1(CNC2CCCN(C(C)C)CC2)CCC1. The van der Waals surface area contributed by atoms with Crippen LogP contribution in [0, 0.1) is 5.41 Å². The number of hydrogen-bond acceptors (Lipinski definition) is 2. The van der Waals surface area contributed by atoms with Crippen molar-refractivity contribution in [1.82, 2.24) is 10.2 Å². The van der Waals surface area contributed by atoms with Crippen LogP contribution in [0.2, 0.25) is 0 Å². The van der Waals surface area contributed by atoms with Crippen molar-refractivity contribution >= 4 is 0 Å². The Balaban J connectivity index is 1.73. The first-order valence-electron chi connectivity index (χ1n) is 8.13. The molecule has 0 spiro atoms. The Hall–Kier alpha value is -0.0800. The van der Waals surface area contributed by atoms with Crippen LogP contribution in [0.25, 0.3) is 0 Å². The van der Waals surface area contributed by atoms with Crippen LogP contribution < -0.4 is 5.32 Å². The second-order valence-electron chi connectivity index (χ2n) is 6.85. The minimum atomic E-state index is 0.671. The van der Waals surface area contributed by atoms with E-state index in [1.807, 2.05) is 0 Å². The van der Waals surface area contributed by atoms with Crippen molar-refractivity contribution in [2.75, 3.05) is 19.6 Å². The molecule has 106 valence electrons. The van der Waals surface area contributed by atoms with Crippen molar-refractivity contribution in [3.05, 3.63) is 0 Å². The van der Waals surface area contributed by atoms with Gasteiger partial charge in [0, 0.05) is 18.6 Å². The van der Waals surface area contributed by atoms with E-state index in [2.05, 4.69) is 31.0 Å². The summed E-state index contributed by atoms with van der Waals surface area (Å²) in [6.07, 6.45) is 9.84. The van der Waals surface area contributed by atoms with Gasteiger partial charge in [-0.3, -0.25) is 0 Å². The van der Waals surface area contributed by atoms with Gasteiger partial charge >= 0.3 is 0 Å². The summed E-state index contributed by atoms with van der Waals surface area (Å²) in [7, 11) is 0. The fourth-order valence-corrected chi connectivity index (χ4v) is 3.53. The highest BCUT2D eigenvalue weighted by molar-refractivity contribution is 4.90. The largest absolute Gasteiger partial charge is 0.313 e. The average Bonchev–Trinajstić information content (AvgIpc) is 2.54. The highest BCUT2D eigenvalue weighted by Gasteiger charge is 2.35. The van der Waals surface area contributed by atoms with Gasteiger partial charge in [-0.25, -0.2) is 0 Å². The lowest BCUT2D eigenvalue weighted by Gasteiger charge is -2.42. The van der Waals surface area contributed by atoms with Crippen LogP contribution in [0.3, 0.4) is 0 Å². The quantitative estimate of drug-likeness (QED) is 0.806. The molecule has 1 aliphatic carbocycles. The Bertz CT molecular complexity index is 240. The molecule has 0 radical (unpaired) electrons. The van der Waals surface area contributed by atoms with Gasteiger partial charge in [-0.05, 0) is 70.9 Å². The highest BCUT2D eigenvalue weighted by Crippen LogP contribution is 2.43. The van der Waals surface area contributed by atoms with Gasteiger partial charge in [-0.15, -0.1) is 0 Å². The molecule has 18 heavy (non-hydrogen) atoms. The lowest BCUT2D eigenvalue weighted by atomic mass is 9.67. The summed E-state index contributed by atoms with van der Waals surface area (Å²) in [5.74, 6) is 0. The number of hydrogen-bond donors (Lipinski definition) is 1. The fourth-order valence-electron chi connectivity index (χ4n) is 3.53. The van der Waals surface area contributed by atoms with Gasteiger partial charge in [0.1, 0.15) is 0 Å². The molecule has 1 saturated heterocycles. The van der Waals surface area contributed by atoms with Crippen LogP contribution >= 0.6 is 0 Å². The smallest absolute Gasteiger partial charge is 0.00799 e. The Morgan fingerprint density at radius 3 is 2.50 bits per heavy atom. The van der Waals surface area contributed by atoms with E-state index >= 15 is 0 Å². The van der Waals surface area contributed by atoms with Gasteiger partial charge in [-0.1, -0.05) is 13.3 Å². The van der Waals surface area contributed by atoms with Crippen molar-refractivity contribution in [2.45, 2.75) is 77.8 Å². The standard InChI is InChI=1S/C16H32N2/c1-4-16(9-6-10-16)13-17-15-7-5-11-18(12-8-15)14(2)3/h14-15,17H,4-13H2,1-3H3. The molecule has 2 aliphatic rings. The molecule has 1 N–H and O–H groups in total. The number of nitrogens with one attached hydrogen (secondary N) is 1. The maximum atomic E-state index is 3.89. The normalized spacial score (nSPS) is 29.0. The van der Waals surface area contributed by atoms with Crippen molar-refractivity contribution in [1.29, 1.82) is 0 Å². The minimum Gasteiger partial charge on any atom is -0.313 e. The van der Waals surface area contributed by atoms with Crippen LogP contribution in [0.4, 0.5) is 0 Å². The maximum absolute atomic E-state index is 3.89. The van der Waals surface area contributed by atoms with E-state index in [4.69, 9.17) is 0 Å². The summed E-state index contributed by atoms with van der Waals surface area (Å²) >= 11 is 0. The average molecular weight is 252 g/mol. The Morgan fingerprint density at radius 1 is 1.17 bits per heavy atom. The molecule has 1 atom stereocenters. The van der Waals surface area contributed by atoms with Crippen LogP contribution in [-0.2, 0) is 0 Å². The van der Waals surface area contributed by atoms with Crippen LogP contribution in [0.15, 0.2) is 0 Å². The van der Waals surface area contributed by atoms with Crippen LogP contribution in [0.1, 0.15) is 65.7 Å². The van der Waals surface area contributed by atoms with E-state index in [9.17, 15) is 0 Å². The van der Waals surface area contributed by atoms with Gasteiger partial charge in [0.05, 0.1) is 0 Å². The van der Waals surface area contributed by atoms with Crippen molar-refractivity contribution in [2.24, 2.45) is 5.41 Å². The molecule has 1 saturated carbocycles. The first kappa shape index (κ1) is 14.3. The lowest BCUT2D eigenvalue weighted by molar-refractivity contribution is 0.117. The lowest BCUT2D eigenvalue weighted by Crippen LogP contribution is -2.43. The van der Waals surface area contributed by atoms with E-state index in [-0.39, 0.29) is 0 Å². The highest BCUT2D eigenvalue weighted by atomic mass is 15.1. The third kappa shape index (κ3) is 3.48. The Kier molecular flexibility index (Phi) is 5.08. The predicted molar refractivity (Wildman–Crippen MR) is 78.9 cm³/mol. The molecule has 2 rings (SSSR count). The molecule has 0 amide bonds. The predicted octanol–water partition coefficient (Wildman–Crippen LogP) is 3.42. The van der Waals surface area contributed by atoms with Crippen LogP contribution in [0.5, 0.6) is 0 Å². The molecule has 1 unspecified atom stereocenters. The van der Waals surface area contributed by atoms with E-state index < -0.39 is 0 Å². The summed E-state index contributed by atoms with van der Waals surface area (Å²) in [4.78, 5) is 2.64. The van der Waals surface area contributed by atoms with Crippen molar-refractivity contribution < 1.29 is 0 Å². The zero-order valence-electron chi connectivity index (χ0n) is 12.7. The minimum absolute atomic E-state index is 0.671. The molecule has 0 aromatic heterocycles. The number of rotatable bonds is 5. The Morgan fingerprint density at radius 2 is 1.94 bits per heavy atom. The Labute approximate surface area is 114 Å². The summed E-state index contributed by atoms with van der Waals surface area (Å²) in [5, 5.41) is 3.89. The van der Waals surface area contributed by atoms with Crippen molar-refractivity contribution in [3.63, 3.8) is 0 Å². The summed E-state index contributed by atoms with van der Waals surface area (Å²) in [5.41, 5.74) is 0.671. The molecule has 2 nitrogen and oxygen atoms in total. The zero-order valence-corrected chi connectivity index (χ0v) is 12.7. The fraction of sp³-hybridized carbons (Fsp3) is 1.00. The summed E-state index contributed by atoms with van der Waals surface area (Å²) < 4.78 is 0. The van der Waals surface area contributed by atoms with Gasteiger partial charge in [0.2, 0.25) is 0 Å². The second-order valence-corrected chi connectivity index (χ2v) is 6.85. The third-order valence-corrected chi connectivity index (χ3v) is 5.42. The van der Waals surface area contributed by atoms with Crippen LogP contribution in [-0.4, -0.2) is 36.6 Å². The zero-order chi connectivity index (χ0) is 13.0. The van der Waals surface area contributed by atoms with Gasteiger partial charge in [0.25, 0.3) is 0 Å². The monoisotopic (exact) mass is 252 g/mol. The van der Waals surface area contributed by atoms with Crippen molar-refractivity contribution in [3.8, 4) is 0 Å². The molecule has 0 aromatic carbocycles. The first-order chi connectivity index (χ1) is 8.65. The van der Waals surface area contributed by atoms with E-state index in [1.165, 1.54) is 64.6 Å². The molecular formula is C16H32N2. The van der Waals surface area contributed by atoms with E-state index in [1.54, 1.807) is 0 Å². The molecule has 0 aromatic rings. The third-order valence-electron chi connectivity index (χ3n) is 5.42. The van der Waals surface area contributed by atoms with Gasteiger partial charge in [0.15, 0.2) is 0 Å². The molecule has 1 aliphatic heterocycles. The van der Waals surface area contributed by atoms with E-state index in [0.29, 0.717) is 5.41 Å². The molecule has 2 fully saturated rings. The number of nitrogens with zero attached hydrogens (tertiary/aromatic N) is 1. The molecule has 0 bridgehead atoms. The molecule has 2 heteroatoms. The summed E-state index contributed by atoms with van der Waals surface area (Å²) in [6, 6.07) is 1.50. The summed E-state index contributed by atoms with van der Waals surface area (Å²) in [6.45, 7) is 10.9. The van der Waals surface area contributed by atoms with Gasteiger partial charge in [-0.2, -0.15) is 0 Å². The second kappa shape index (κ2) is 6.38. The molecular weight excluding hydrogens is 220 g/mol. The maximum Gasteiger partial charge on any atom is 0.00799 e. The number of likely N-dealkylation sites (tertiary alicyclic amines) is 1. The van der Waals surface area contributed by atoms with Gasteiger partial charge < -0.3 is 10.2 Å². The molecule has 1 heterocycles. The van der Waals surface area contributed by atoms with E-state index in [0.717, 1.165) is 12.1 Å². The first-order valence-corrected chi connectivity index (χ1v) is 8.13. The topological polar surface area (TPSA) is 15.3 Å².